The lowest BCUT2D eigenvalue weighted by Gasteiger charge is -2.26. The zero-order valence-electron chi connectivity index (χ0n) is 20.1. The van der Waals surface area contributed by atoms with Gasteiger partial charge < -0.3 is 15.8 Å². The quantitative estimate of drug-likeness (QED) is 0.336. The Bertz CT molecular complexity index is 1060. The second kappa shape index (κ2) is 11.9. The maximum absolute atomic E-state index is 13.5. The van der Waals surface area contributed by atoms with Crippen LogP contribution in [0.4, 0.5) is 18.9 Å². The Labute approximate surface area is 208 Å². The molecule has 2 aromatic carbocycles. The molecule has 190 valence electrons. The molecule has 1 saturated carbocycles. The number of anilines is 1. The Morgan fingerprint density at radius 1 is 1.17 bits per heavy atom. The lowest BCUT2D eigenvalue weighted by atomic mass is 9.94. The number of carbonyl (C=O) groups excluding carboxylic acids is 2. The number of esters is 1. The first kappa shape index (κ1) is 27.1. The first-order valence-electron chi connectivity index (χ1n) is 11.7. The normalized spacial score (nSPS) is 20.5. The Morgan fingerprint density at radius 2 is 1.86 bits per heavy atom. The number of halogens is 3. The molecule has 0 aliphatic heterocycles. The molecule has 0 spiro atoms. The van der Waals surface area contributed by atoms with Gasteiger partial charge in [0, 0.05) is 33.5 Å². The smallest absolute Gasteiger partial charge is 0.319 e. The van der Waals surface area contributed by atoms with Gasteiger partial charge in [-0.05, 0) is 61.6 Å². The fraction of sp³-hybridized carbons (Fsp3) is 0.462. The largest absolute Gasteiger partial charge is 0.464 e. The maximum atomic E-state index is 13.5. The van der Waals surface area contributed by atoms with Crippen LogP contribution in [0.1, 0.15) is 49.0 Å². The molecule has 1 amide bonds. The molecule has 5 nitrogen and oxygen atoms in total. The van der Waals surface area contributed by atoms with Crippen molar-refractivity contribution in [1.82, 2.24) is 0 Å². The molecule has 9 heteroatoms. The molecule has 1 aliphatic rings. The first-order chi connectivity index (χ1) is 16.6. The summed E-state index contributed by atoms with van der Waals surface area (Å²) in [6, 6.07) is 6.76. The molecule has 4 unspecified atom stereocenters. The van der Waals surface area contributed by atoms with E-state index in [1.165, 1.54) is 0 Å². The van der Waals surface area contributed by atoms with Gasteiger partial charge in [0.2, 0.25) is 0 Å². The second-order valence-electron chi connectivity index (χ2n) is 9.31. The van der Waals surface area contributed by atoms with Gasteiger partial charge in [-0.3, -0.25) is 9.59 Å². The average Bonchev–Trinajstić information content (AvgIpc) is 3.15. The molecular formula is C26H31F3N2O3S. The van der Waals surface area contributed by atoms with Crippen LogP contribution in [-0.4, -0.2) is 30.3 Å². The van der Waals surface area contributed by atoms with Gasteiger partial charge >= 0.3 is 5.97 Å². The SMILES string of the molecule is Cc1ccc(C(=O)Nc2cc(F)c(F)c(F)c2)cc1SC1C(C)CCC1CC(C)COC(=O)CN. The molecule has 2 aromatic rings. The molecule has 1 fully saturated rings. The van der Waals surface area contributed by atoms with Gasteiger partial charge in [0.1, 0.15) is 0 Å². The van der Waals surface area contributed by atoms with E-state index in [1.54, 1.807) is 23.9 Å². The molecule has 0 aromatic heterocycles. The zero-order chi connectivity index (χ0) is 25.7. The zero-order valence-corrected chi connectivity index (χ0v) is 20.9. The van der Waals surface area contributed by atoms with E-state index in [0.29, 0.717) is 29.3 Å². The molecule has 3 N–H and O–H groups in total. The summed E-state index contributed by atoms with van der Waals surface area (Å²) in [6.45, 7) is 6.47. The van der Waals surface area contributed by atoms with Crippen LogP contribution in [0.25, 0.3) is 0 Å². The third kappa shape index (κ3) is 7.01. The van der Waals surface area contributed by atoms with E-state index in [1.807, 2.05) is 13.0 Å². The summed E-state index contributed by atoms with van der Waals surface area (Å²) in [5.41, 5.74) is 6.51. The number of aryl methyl sites for hydroxylation is 1. The van der Waals surface area contributed by atoms with Crippen LogP contribution >= 0.6 is 11.8 Å². The maximum Gasteiger partial charge on any atom is 0.319 e. The molecule has 1 aliphatic carbocycles. The van der Waals surface area contributed by atoms with Gasteiger partial charge in [0.15, 0.2) is 17.5 Å². The minimum absolute atomic E-state index is 0.125. The van der Waals surface area contributed by atoms with Crippen LogP contribution in [0.15, 0.2) is 35.2 Å². The summed E-state index contributed by atoms with van der Waals surface area (Å²) in [7, 11) is 0. The highest BCUT2D eigenvalue weighted by Crippen LogP contribution is 2.46. The standard InChI is InChI=1S/C26H31F3N2O3S/c1-14(13-34-23(32)12-30)8-17-6-5-16(3)25(17)35-22-9-18(7-4-15(22)2)26(33)31-19-10-20(27)24(29)21(28)11-19/h4,7,9-11,14,16-17,25H,5-6,8,12-13,30H2,1-3H3,(H,31,33). The van der Waals surface area contributed by atoms with Crippen molar-refractivity contribution in [2.24, 2.45) is 23.5 Å². The van der Waals surface area contributed by atoms with Gasteiger partial charge in [0.25, 0.3) is 5.91 Å². The Morgan fingerprint density at radius 3 is 2.51 bits per heavy atom. The first-order valence-corrected chi connectivity index (χ1v) is 12.6. The highest BCUT2D eigenvalue weighted by Gasteiger charge is 2.35. The van der Waals surface area contributed by atoms with E-state index in [9.17, 15) is 22.8 Å². The number of carbonyl (C=O) groups is 2. The van der Waals surface area contributed by atoms with E-state index < -0.39 is 29.3 Å². The van der Waals surface area contributed by atoms with Gasteiger partial charge in [0.05, 0.1) is 13.2 Å². The topological polar surface area (TPSA) is 81.4 Å². The molecule has 0 heterocycles. The predicted molar refractivity (Wildman–Crippen MR) is 131 cm³/mol. The predicted octanol–water partition coefficient (Wildman–Crippen LogP) is 5.70. The summed E-state index contributed by atoms with van der Waals surface area (Å²) >= 11 is 1.73. The van der Waals surface area contributed by atoms with Crippen molar-refractivity contribution in [3.63, 3.8) is 0 Å². The molecule has 35 heavy (non-hydrogen) atoms. The number of ether oxygens (including phenoxy) is 1. The van der Waals surface area contributed by atoms with Crippen molar-refractivity contribution in [3.8, 4) is 0 Å². The van der Waals surface area contributed by atoms with Crippen molar-refractivity contribution >= 4 is 29.3 Å². The van der Waals surface area contributed by atoms with Crippen LogP contribution < -0.4 is 11.1 Å². The lowest BCUT2D eigenvalue weighted by molar-refractivity contribution is -0.143. The molecule has 0 bridgehead atoms. The van der Waals surface area contributed by atoms with E-state index in [2.05, 4.69) is 19.2 Å². The number of hydrogen-bond donors (Lipinski definition) is 2. The summed E-state index contributed by atoms with van der Waals surface area (Å²) in [5.74, 6) is -4.14. The van der Waals surface area contributed by atoms with Gasteiger partial charge in [-0.2, -0.15) is 0 Å². The number of thioether (sulfide) groups is 1. The lowest BCUT2D eigenvalue weighted by Crippen LogP contribution is -2.23. The highest BCUT2D eigenvalue weighted by atomic mass is 32.2. The summed E-state index contributed by atoms with van der Waals surface area (Å²) < 4.78 is 45.4. The molecule has 0 radical (unpaired) electrons. The molecule has 0 saturated heterocycles. The van der Waals surface area contributed by atoms with Crippen molar-refractivity contribution in [2.45, 2.75) is 50.2 Å². The summed E-state index contributed by atoms with van der Waals surface area (Å²) in [4.78, 5) is 25.1. The number of nitrogens with two attached hydrogens (primary N) is 1. The van der Waals surface area contributed by atoms with E-state index in [-0.39, 0.29) is 18.2 Å². The number of rotatable bonds is 9. The van der Waals surface area contributed by atoms with Gasteiger partial charge in [-0.1, -0.05) is 19.9 Å². The highest BCUT2D eigenvalue weighted by molar-refractivity contribution is 8.00. The number of nitrogens with one attached hydrogen (secondary N) is 1. The molecule has 3 rings (SSSR count). The van der Waals surface area contributed by atoms with Crippen LogP contribution in [0.3, 0.4) is 0 Å². The van der Waals surface area contributed by atoms with Crippen molar-refractivity contribution < 1.29 is 27.5 Å². The van der Waals surface area contributed by atoms with Crippen molar-refractivity contribution in [2.75, 3.05) is 18.5 Å². The van der Waals surface area contributed by atoms with Crippen LogP contribution in [0.2, 0.25) is 0 Å². The van der Waals surface area contributed by atoms with Crippen LogP contribution in [-0.2, 0) is 9.53 Å². The fourth-order valence-electron chi connectivity index (χ4n) is 4.46. The summed E-state index contributed by atoms with van der Waals surface area (Å²) in [5, 5.41) is 2.77. The molecule has 4 atom stereocenters. The monoisotopic (exact) mass is 508 g/mol. The average molecular weight is 509 g/mol. The summed E-state index contributed by atoms with van der Waals surface area (Å²) in [6.07, 6.45) is 3.09. The Kier molecular flexibility index (Phi) is 9.24. The minimum atomic E-state index is -1.58. The minimum Gasteiger partial charge on any atom is -0.464 e. The van der Waals surface area contributed by atoms with Gasteiger partial charge in [-0.15, -0.1) is 11.8 Å². The number of hydrogen-bond acceptors (Lipinski definition) is 5. The third-order valence-electron chi connectivity index (χ3n) is 6.37. The second-order valence-corrected chi connectivity index (χ2v) is 10.5. The van der Waals surface area contributed by atoms with Crippen molar-refractivity contribution in [1.29, 1.82) is 0 Å². The van der Waals surface area contributed by atoms with Gasteiger partial charge in [-0.25, -0.2) is 13.2 Å². The molecular weight excluding hydrogens is 477 g/mol. The van der Waals surface area contributed by atoms with Crippen LogP contribution in [0.5, 0.6) is 0 Å². The third-order valence-corrected chi connectivity index (χ3v) is 8.19. The van der Waals surface area contributed by atoms with Crippen molar-refractivity contribution in [3.05, 3.63) is 58.9 Å². The Balaban J connectivity index is 1.70. The van der Waals surface area contributed by atoms with E-state index in [4.69, 9.17) is 10.5 Å². The van der Waals surface area contributed by atoms with E-state index >= 15 is 0 Å². The Hall–Kier alpha value is -2.52. The van der Waals surface area contributed by atoms with E-state index in [0.717, 1.165) is 41.9 Å². The van der Waals surface area contributed by atoms with Crippen LogP contribution in [0, 0.1) is 42.1 Å². The number of benzene rings is 2. The number of amides is 1. The fourth-order valence-corrected chi connectivity index (χ4v) is 6.01.